The van der Waals surface area contributed by atoms with Crippen LogP contribution >= 0.6 is 0 Å². The molecule has 0 aromatic rings. The van der Waals surface area contributed by atoms with E-state index < -0.39 is 5.66 Å². The van der Waals surface area contributed by atoms with Gasteiger partial charge in [-0.2, -0.15) is 0 Å². The van der Waals surface area contributed by atoms with Crippen molar-refractivity contribution in [3.63, 3.8) is 0 Å². The maximum absolute atomic E-state index is 5.65. The zero-order chi connectivity index (χ0) is 8.20. The molecule has 0 amide bonds. The van der Waals surface area contributed by atoms with Crippen molar-refractivity contribution in [1.29, 1.82) is 0 Å². The third kappa shape index (κ3) is 2.19. The molecule has 0 spiro atoms. The van der Waals surface area contributed by atoms with Crippen LogP contribution < -0.4 is 11.5 Å². The van der Waals surface area contributed by atoms with E-state index in [4.69, 9.17) is 11.5 Å². The topological polar surface area (TPSA) is 52.0 Å². The minimum Gasteiger partial charge on any atom is -0.309 e. The van der Waals surface area contributed by atoms with Gasteiger partial charge in [-0.3, -0.25) is 0 Å². The molecule has 0 saturated carbocycles. The fourth-order valence-corrected chi connectivity index (χ4v) is 0.556. The van der Waals surface area contributed by atoms with E-state index in [0.29, 0.717) is 6.42 Å². The minimum absolute atomic E-state index is 0.543. The summed E-state index contributed by atoms with van der Waals surface area (Å²) >= 11 is 0. The molecule has 2 nitrogen and oxygen atoms in total. The van der Waals surface area contributed by atoms with Crippen molar-refractivity contribution in [2.24, 2.45) is 11.5 Å². The molecule has 0 aromatic heterocycles. The Bertz CT molecular complexity index is 174. The first-order chi connectivity index (χ1) is 4.54. The SMILES string of the molecule is C=C=C(C)C(N)(N)CC=C. The predicted octanol–water partition coefficient (Wildman–Crippen LogP) is 0.907. The Morgan fingerprint density at radius 3 is 2.50 bits per heavy atom. The first-order valence-electron chi connectivity index (χ1n) is 3.10. The van der Waals surface area contributed by atoms with Crippen LogP contribution in [0.25, 0.3) is 0 Å². The molecule has 0 heterocycles. The van der Waals surface area contributed by atoms with Crippen LogP contribution in [0.3, 0.4) is 0 Å². The van der Waals surface area contributed by atoms with Gasteiger partial charge in [-0.1, -0.05) is 12.7 Å². The molecule has 0 rings (SSSR count). The molecule has 56 valence electrons. The minimum atomic E-state index is -0.816. The molecular weight excluding hydrogens is 124 g/mol. The highest BCUT2D eigenvalue weighted by molar-refractivity contribution is 5.14. The van der Waals surface area contributed by atoms with Crippen molar-refractivity contribution in [3.05, 3.63) is 30.5 Å². The molecule has 0 fully saturated rings. The molecule has 4 N–H and O–H groups in total. The van der Waals surface area contributed by atoms with Crippen LogP contribution in [0.5, 0.6) is 0 Å². The van der Waals surface area contributed by atoms with Gasteiger partial charge in [0.15, 0.2) is 0 Å². The number of rotatable bonds is 3. The number of hydrogen-bond acceptors (Lipinski definition) is 2. The van der Waals surface area contributed by atoms with Crippen LogP contribution in [-0.4, -0.2) is 5.66 Å². The van der Waals surface area contributed by atoms with Crippen LogP contribution in [0, 0.1) is 0 Å². The van der Waals surface area contributed by atoms with Crippen LogP contribution in [0.2, 0.25) is 0 Å². The molecular formula is C8H14N2. The Morgan fingerprint density at radius 1 is 1.70 bits per heavy atom. The Morgan fingerprint density at radius 2 is 2.20 bits per heavy atom. The Balaban J connectivity index is 4.38. The van der Waals surface area contributed by atoms with Crippen molar-refractivity contribution in [1.82, 2.24) is 0 Å². The highest BCUT2D eigenvalue weighted by atomic mass is 14.9. The summed E-state index contributed by atoms with van der Waals surface area (Å²) in [7, 11) is 0. The molecule has 0 bridgehead atoms. The molecule has 0 atom stereocenters. The second-order valence-electron chi connectivity index (χ2n) is 2.33. The molecule has 0 unspecified atom stereocenters. The van der Waals surface area contributed by atoms with Gasteiger partial charge in [0.1, 0.15) is 0 Å². The molecule has 0 saturated heterocycles. The maximum Gasteiger partial charge on any atom is 0.0966 e. The average Bonchev–Trinajstić information content (AvgIpc) is 1.86. The predicted molar refractivity (Wildman–Crippen MR) is 44.2 cm³/mol. The zero-order valence-electron chi connectivity index (χ0n) is 6.35. The van der Waals surface area contributed by atoms with E-state index in [1.54, 1.807) is 13.0 Å². The summed E-state index contributed by atoms with van der Waals surface area (Å²) < 4.78 is 0. The van der Waals surface area contributed by atoms with Crippen molar-refractivity contribution in [2.45, 2.75) is 19.0 Å². The zero-order valence-corrected chi connectivity index (χ0v) is 6.35. The summed E-state index contributed by atoms with van der Waals surface area (Å²) in [5, 5.41) is 0. The molecule has 10 heavy (non-hydrogen) atoms. The highest BCUT2D eigenvalue weighted by Crippen LogP contribution is 2.09. The third-order valence-corrected chi connectivity index (χ3v) is 1.45. The third-order valence-electron chi connectivity index (χ3n) is 1.45. The highest BCUT2D eigenvalue weighted by Gasteiger charge is 2.18. The summed E-state index contributed by atoms with van der Waals surface area (Å²) in [5.41, 5.74) is 13.9. The van der Waals surface area contributed by atoms with Gasteiger partial charge in [0, 0.05) is 12.0 Å². The van der Waals surface area contributed by atoms with Crippen molar-refractivity contribution in [3.8, 4) is 0 Å². The molecule has 2 heteroatoms. The largest absolute Gasteiger partial charge is 0.309 e. The monoisotopic (exact) mass is 138 g/mol. The van der Waals surface area contributed by atoms with Gasteiger partial charge in [-0.15, -0.1) is 12.3 Å². The average molecular weight is 138 g/mol. The summed E-state index contributed by atoms with van der Waals surface area (Å²) in [6.45, 7) is 8.80. The lowest BCUT2D eigenvalue weighted by atomic mass is 10.0. The maximum atomic E-state index is 5.65. The molecule has 0 aliphatic heterocycles. The lowest BCUT2D eigenvalue weighted by molar-refractivity contribution is 0.528. The standard InChI is InChI=1S/C8H14N2/c1-4-6-8(9,10)7(3)5-2/h4H,1-2,6,9-10H2,3H3. The first kappa shape index (κ1) is 9.18. The van der Waals surface area contributed by atoms with Crippen LogP contribution in [0.1, 0.15) is 13.3 Å². The van der Waals surface area contributed by atoms with E-state index in [-0.39, 0.29) is 0 Å². The Labute approximate surface area is 61.9 Å². The van der Waals surface area contributed by atoms with Gasteiger partial charge in [-0.05, 0) is 6.92 Å². The van der Waals surface area contributed by atoms with Crippen molar-refractivity contribution in [2.75, 3.05) is 0 Å². The lowest BCUT2D eigenvalue weighted by Crippen LogP contribution is -2.49. The fraction of sp³-hybridized carbons (Fsp3) is 0.375. The van der Waals surface area contributed by atoms with Gasteiger partial charge < -0.3 is 11.5 Å². The number of hydrogen-bond donors (Lipinski definition) is 2. The number of nitrogens with two attached hydrogens (primary N) is 2. The van der Waals surface area contributed by atoms with E-state index in [0.717, 1.165) is 5.57 Å². The quantitative estimate of drug-likeness (QED) is 0.346. The lowest BCUT2D eigenvalue weighted by Gasteiger charge is -2.21. The first-order valence-corrected chi connectivity index (χ1v) is 3.10. The smallest absolute Gasteiger partial charge is 0.0966 e. The fourth-order valence-electron chi connectivity index (χ4n) is 0.556. The van der Waals surface area contributed by atoms with Crippen LogP contribution in [0.15, 0.2) is 30.5 Å². The van der Waals surface area contributed by atoms with E-state index >= 15 is 0 Å². The molecule has 0 radical (unpaired) electrons. The summed E-state index contributed by atoms with van der Waals surface area (Å²) in [6.07, 6.45) is 2.22. The second-order valence-corrected chi connectivity index (χ2v) is 2.33. The van der Waals surface area contributed by atoms with Gasteiger partial charge >= 0.3 is 0 Å². The van der Waals surface area contributed by atoms with Gasteiger partial charge in [0.25, 0.3) is 0 Å². The van der Waals surface area contributed by atoms with E-state index in [9.17, 15) is 0 Å². The molecule has 0 aliphatic carbocycles. The summed E-state index contributed by atoms with van der Waals surface area (Å²) in [4.78, 5) is 0. The van der Waals surface area contributed by atoms with E-state index in [2.05, 4.69) is 18.9 Å². The molecule has 0 aromatic carbocycles. The van der Waals surface area contributed by atoms with Gasteiger partial charge in [-0.25, -0.2) is 0 Å². The van der Waals surface area contributed by atoms with E-state index in [1.165, 1.54) is 0 Å². The van der Waals surface area contributed by atoms with Crippen LogP contribution in [0.4, 0.5) is 0 Å². The normalized spacial score (nSPS) is 10.3. The Kier molecular flexibility index (Phi) is 3.10. The van der Waals surface area contributed by atoms with Gasteiger partial charge in [0.2, 0.25) is 0 Å². The molecule has 0 aliphatic rings. The second kappa shape index (κ2) is 3.37. The summed E-state index contributed by atoms with van der Waals surface area (Å²) in [5.74, 6) is 0. The summed E-state index contributed by atoms with van der Waals surface area (Å²) in [6, 6.07) is 0. The van der Waals surface area contributed by atoms with Gasteiger partial charge in [0.05, 0.1) is 5.66 Å². The Hall–Kier alpha value is -0.820. The van der Waals surface area contributed by atoms with Crippen molar-refractivity contribution < 1.29 is 0 Å². The van der Waals surface area contributed by atoms with Crippen molar-refractivity contribution >= 4 is 0 Å². The van der Waals surface area contributed by atoms with Crippen LogP contribution in [-0.2, 0) is 0 Å². The van der Waals surface area contributed by atoms with E-state index in [1.807, 2.05) is 0 Å².